The van der Waals surface area contributed by atoms with Gasteiger partial charge in [-0.1, -0.05) is 34.5 Å². The van der Waals surface area contributed by atoms with Crippen molar-refractivity contribution in [2.24, 2.45) is 0 Å². The molecular weight excluding hydrogens is 380 g/mol. The van der Waals surface area contributed by atoms with Gasteiger partial charge in [-0.3, -0.25) is 4.79 Å². The first-order valence-electron chi connectivity index (χ1n) is 6.44. The maximum atomic E-state index is 11.9. The molecule has 118 valence electrons. The minimum Gasteiger partial charge on any atom is -0.352 e. The number of benzene rings is 1. The van der Waals surface area contributed by atoms with Crippen molar-refractivity contribution in [3.05, 3.63) is 33.3 Å². The summed E-state index contributed by atoms with van der Waals surface area (Å²) >= 11 is 9.26. The van der Waals surface area contributed by atoms with Crippen LogP contribution in [0.3, 0.4) is 0 Å². The van der Waals surface area contributed by atoms with Crippen LogP contribution in [-0.4, -0.2) is 44.5 Å². The van der Waals surface area contributed by atoms with Crippen molar-refractivity contribution in [3.8, 4) is 0 Å². The summed E-state index contributed by atoms with van der Waals surface area (Å²) in [6.07, 6.45) is 1.72. The van der Waals surface area contributed by atoms with Crippen LogP contribution in [0.15, 0.2) is 22.7 Å². The number of hydrogen-bond donors (Lipinski definition) is 1. The first-order valence-corrected chi connectivity index (χ1v) is 9.46. The Kier molecular flexibility index (Phi) is 7.12. The Morgan fingerprint density at radius 1 is 1.43 bits per heavy atom. The second-order valence-corrected chi connectivity index (χ2v) is 7.79. The van der Waals surface area contributed by atoms with Crippen molar-refractivity contribution in [2.45, 2.75) is 13.3 Å². The van der Waals surface area contributed by atoms with Gasteiger partial charge in [0, 0.05) is 24.1 Å². The van der Waals surface area contributed by atoms with Gasteiger partial charge in [-0.25, -0.2) is 12.7 Å². The Morgan fingerprint density at radius 2 is 2.10 bits per heavy atom. The van der Waals surface area contributed by atoms with Crippen LogP contribution >= 0.6 is 27.5 Å². The predicted octanol–water partition coefficient (Wildman–Crippen LogP) is 2.50. The van der Waals surface area contributed by atoms with Gasteiger partial charge >= 0.3 is 0 Å². The zero-order chi connectivity index (χ0) is 16.0. The van der Waals surface area contributed by atoms with Crippen LogP contribution in [0, 0.1) is 0 Å². The SMILES string of the molecule is CCN(CCCNC(=O)c1ccc(Br)cc1Cl)S(C)(=O)=O. The molecule has 5 nitrogen and oxygen atoms in total. The van der Waals surface area contributed by atoms with E-state index in [0.29, 0.717) is 36.6 Å². The van der Waals surface area contributed by atoms with Crippen molar-refractivity contribution in [1.29, 1.82) is 0 Å². The Balaban J connectivity index is 2.47. The van der Waals surface area contributed by atoms with Crippen LogP contribution < -0.4 is 5.32 Å². The second-order valence-electron chi connectivity index (χ2n) is 4.49. The maximum absolute atomic E-state index is 11.9. The van der Waals surface area contributed by atoms with Crippen molar-refractivity contribution in [3.63, 3.8) is 0 Å². The second kappa shape index (κ2) is 8.12. The summed E-state index contributed by atoms with van der Waals surface area (Å²) in [6, 6.07) is 5.03. The number of hydrogen-bond acceptors (Lipinski definition) is 3. The molecule has 0 aliphatic carbocycles. The number of carbonyl (C=O) groups is 1. The van der Waals surface area contributed by atoms with E-state index in [1.54, 1.807) is 25.1 Å². The predicted molar refractivity (Wildman–Crippen MR) is 88.2 cm³/mol. The lowest BCUT2D eigenvalue weighted by molar-refractivity contribution is 0.0953. The molecule has 1 rings (SSSR count). The fraction of sp³-hybridized carbons (Fsp3) is 0.462. The smallest absolute Gasteiger partial charge is 0.252 e. The lowest BCUT2D eigenvalue weighted by atomic mass is 10.2. The molecule has 1 aromatic carbocycles. The lowest BCUT2D eigenvalue weighted by Crippen LogP contribution is -2.33. The third kappa shape index (κ3) is 5.94. The first-order chi connectivity index (χ1) is 9.75. The lowest BCUT2D eigenvalue weighted by Gasteiger charge is -2.17. The number of halogens is 2. The van der Waals surface area contributed by atoms with Crippen molar-refractivity contribution in [2.75, 3.05) is 25.9 Å². The third-order valence-electron chi connectivity index (χ3n) is 2.87. The molecule has 0 saturated carbocycles. The summed E-state index contributed by atoms with van der Waals surface area (Å²) in [4.78, 5) is 11.9. The van der Waals surface area contributed by atoms with E-state index in [2.05, 4.69) is 21.2 Å². The highest BCUT2D eigenvalue weighted by molar-refractivity contribution is 9.10. The maximum Gasteiger partial charge on any atom is 0.252 e. The van der Waals surface area contributed by atoms with Gasteiger partial charge in [-0.2, -0.15) is 0 Å². The number of amides is 1. The molecule has 0 atom stereocenters. The van der Waals surface area contributed by atoms with E-state index < -0.39 is 10.0 Å². The van der Waals surface area contributed by atoms with Gasteiger partial charge in [0.15, 0.2) is 0 Å². The summed E-state index contributed by atoms with van der Waals surface area (Å²) in [5, 5.41) is 3.10. The van der Waals surface area contributed by atoms with Gasteiger partial charge in [0.05, 0.1) is 16.8 Å². The molecule has 0 bridgehead atoms. The van der Waals surface area contributed by atoms with Gasteiger partial charge in [0.1, 0.15) is 0 Å². The van der Waals surface area contributed by atoms with Crippen molar-refractivity contribution in [1.82, 2.24) is 9.62 Å². The molecule has 0 saturated heterocycles. The minimum atomic E-state index is -3.19. The highest BCUT2D eigenvalue weighted by Crippen LogP contribution is 2.21. The number of nitrogens with zero attached hydrogens (tertiary/aromatic N) is 1. The van der Waals surface area contributed by atoms with Crippen LogP contribution in [0.25, 0.3) is 0 Å². The average molecular weight is 398 g/mol. The molecule has 0 aliphatic heterocycles. The average Bonchev–Trinajstić information content (AvgIpc) is 2.36. The molecule has 1 N–H and O–H groups in total. The van der Waals surface area contributed by atoms with Gasteiger partial charge in [0.25, 0.3) is 5.91 Å². The van der Waals surface area contributed by atoms with Crippen LogP contribution in [0.5, 0.6) is 0 Å². The standard InChI is InChI=1S/C13H18BrClN2O3S/c1-3-17(21(2,19)20)8-4-7-16-13(18)11-6-5-10(14)9-12(11)15/h5-6,9H,3-4,7-8H2,1-2H3,(H,16,18). The normalized spacial score (nSPS) is 11.7. The topological polar surface area (TPSA) is 66.5 Å². The van der Waals surface area contributed by atoms with E-state index in [0.717, 1.165) is 4.47 Å². The number of nitrogens with one attached hydrogen (secondary N) is 1. The molecule has 0 aromatic heterocycles. The Hall–Kier alpha value is -0.630. The van der Waals surface area contributed by atoms with Gasteiger partial charge in [0.2, 0.25) is 10.0 Å². The summed E-state index contributed by atoms with van der Waals surface area (Å²) in [6.45, 7) is 2.97. The molecule has 0 spiro atoms. The summed E-state index contributed by atoms with van der Waals surface area (Å²) < 4.78 is 25.0. The van der Waals surface area contributed by atoms with Crippen LogP contribution in [0.2, 0.25) is 5.02 Å². The van der Waals surface area contributed by atoms with Crippen molar-refractivity contribution >= 4 is 43.5 Å². The van der Waals surface area contributed by atoms with Gasteiger partial charge < -0.3 is 5.32 Å². The number of rotatable bonds is 7. The minimum absolute atomic E-state index is 0.269. The van der Waals surface area contributed by atoms with E-state index in [9.17, 15) is 13.2 Å². The zero-order valence-electron chi connectivity index (χ0n) is 11.9. The fourth-order valence-electron chi connectivity index (χ4n) is 1.78. The molecular formula is C13H18BrClN2O3S. The zero-order valence-corrected chi connectivity index (χ0v) is 15.1. The Labute approximate surface area is 138 Å². The van der Waals surface area contributed by atoms with Gasteiger partial charge in [-0.05, 0) is 24.6 Å². The van der Waals surface area contributed by atoms with E-state index in [1.807, 2.05) is 0 Å². The van der Waals surface area contributed by atoms with E-state index in [1.165, 1.54) is 10.6 Å². The Bertz CT molecular complexity index is 607. The molecule has 0 unspecified atom stereocenters. The molecule has 8 heteroatoms. The number of sulfonamides is 1. The molecule has 0 aliphatic rings. The molecule has 1 aromatic rings. The van der Waals surface area contributed by atoms with E-state index in [-0.39, 0.29) is 5.91 Å². The van der Waals surface area contributed by atoms with Crippen LogP contribution in [0.1, 0.15) is 23.7 Å². The van der Waals surface area contributed by atoms with Crippen molar-refractivity contribution < 1.29 is 13.2 Å². The fourth-order valence-corrected chi connectivity index (χ4v) is 3.47. The summed E-state index contributed by atoms with van der Waals surface area (Å²) in [7, 11) is -3.19. The highest BCUT2D eigenvalue weighted by Gasteiger charge is 2.14. The molecule has 21 heavy (non-hydrogen) atoms. The van der Waals surface area contributed by atoms with Crippen LogP contribution in [-0.2, 0) is 10.0 Å². The van der Waals surface area contributed by atoms with E-state index >= 15 is 0 Å². The van der Waals surface area contributed by atoms with E-state index in [4.69, 9.17) is 11.6 Å². The Morgan fingerprint density at radius 3 is 2.62 bits per heavy atom. The third-order valence-corrected chi connectivity index (χ3v) is 5.05. The molecule has 0 heterocycles. The highest BCUT2D eigenvalue weighted by atomic mass is 79.9. The quantitative estimate of drug-likeness (QED) is 0.719. The molecule has 1 amide bonds. The monoisotopic (exact) mass is 396 g/mol. The largest absolute Gasteiger partial charge is 0.352 e. The van der Waals surface area contributed by atoms with Gasteiger partial charge in [-0.15, -0.1) is 0 Å². The van der Waals surface area contributed by atoms with Crippen LogP contribution in [0.4, 0.5) is 0 Å². The first kappa shape index (κ1) is 18.4. The molecule has 0 fully saturated rings. The number of carbonyl (C=O) groups excluding carboxylic acids is 1. The molecule has 0 radical (unpaired) electrons. The summed E-state index contributed by atoms with van der Waals surface area (Å²) in [5.41, 5.74) is 0.398. The summed E-state index contributed by atoms with van der Waals surface area (Å²) in [5.74, 6) is -0.269.